The van der Waals surface area contributed by atoms with Crippen molar-refractivity contribution in [2.45, 2.75) is 0 Å². The smallest absolute Gasteiger partial charge is 0.0702 e. The lowest BCUT2D eigenvalue weighted by Crippen LogP contribution is -1.84. The van der Waals surface area contributed by atoms with E-state index in [-0.39, 0.29) is 0 Å². The van der Waals surface area contributed by atoms with Crippen molar-refractivity contribution in [3.05, 3.63) is 85.1 Å². The molecule has 3 aromatic carbocycles. The lowest BCUT2D eigenvalue weighted by atomic mass is 10.1. The van der Waals surface area contributed by atoms with Gasteiger partial charge in [-0.3, -0.25) is 4.98 Å². The molecule has 0 fully saturated rings. The molecule has 0 aliphatic rings. The highest BCUT2D eigenvalue weighted by molar-refractivity contribution is 6.23. The zero-order valence-electron chi connectivity index (χ0n) is 13.5. The van der Waals surface area contributed by atoms with Crippen LogP contribution in [0, 0.1) is 0 Å². The monoisotopic (exact) mass is 318 g/mol. The predicted octanol–water partition coefficient (Wildman–Crippen LogP) is 5.90. The van der Waals surface area contributed by atoms with Crippen molar-refractivity contribution in [1.82, 2.24) is 9.38 Å². The van der Waals surface area contributed by atoms with E-state index in [4.69, 9.17) is 0 Å². The number of pyridine rings is 1. The highest BCUT2D eigenvalue weighted by Crippen LogP contribution is 2.39. The highest BCUT2D eigenvalue weighted by Gasteiger charge is 2.17. The van der Waals surface area contributed by atoms with Gasteiger partial charge in [0.1, 0.15) is 0 Å². The topological polar surface area (TPSA) is 17.3 Å². The van der Waals surface area contributed by atoms with Crippen molar-refractivity contribution in [1.29, 1.82) is 0 Å². The third kappa shape index (κ3) is 1.61. The second-order valence-electron chi connectivity index (χ2n) is 6.50. The number of aromatic nitrogens is 2. The molecule has 6 rings (SSSR count). The summed E-state index contributed by atoms with van der Waals surface area (Å²) < 4.78 is 2.40. The van der Waals surface area contributed by atoms with E-state index in [1.807, 2.05) is 18.3 Å². The number of rotatable bonds is 1. The standard InChI is InChI=1S/C23H14N2/c1-2-10-21-16(6-1)18-7-5-8-19-17-12-11-15(20-9-3-4-13-24-20)14-22(17)25(21)23(18)19/h1-14H. The fraction of sp³-hybridized carbons (Fsp3) is 0. The third-order valence-corrected chi connectivity index (χ3v) is 5.18. The maximum atomic E-state index is 4.51. The molecule has 0 N–H and O–H groups in total. The Morgan fingerprint density at radius 1 is 0.600 bits per heavy atom. The van der Waals surface area contributed by atoms with Crippen LogP contribution in [0.15, 0.2) is 85.1 Å². The number of hydrogen-bond donors (Lipinski definition) is 0. The third-order valence-electron chi connectivity index (χ3n) is 5.18. The van der Waals surface area contributed by atoms with Crippen LogP contribution in [-0.4, -0.2) is 9.38 Å². The maximum absolute atomic E-state index is 4.51. The molecule has 0 bridgehead atoms. The van der Waals surface area contributed by atoms with Crippen LogP contribution in [0.2, 0.25) is 0 Å². The van der Waals surface area contributed by atoms with Gasteiger partial charge in [-0.2, -0.15) is 0 Å². The van der Waals surface area contributed by atoms with Crippen molar-refractivity contribution >= 4 is 38.1 Å². The summed E-state index contributed by atoms with van der Waals surface area (Å²) in [6.45, 7) is 0. The van der Waals surface area contributed by atoms with Crippen molar-refractivity contribution < 1.29 is 0 Å². The zero-order chi connectivity index (χ0) is 16.4. The normalized spacial score (nSPS) is 12.0. The molecule has 116 valence electrons. The summed E-state index contributed by atoms with van der Waals surface area (Å²) in [4.78, 5) is 4.51. The minimum Gasteiger partial charge on any atom is -0.308 e. The Balaban J connectivity index is 1.85. The Kier molecular flexibility index (Phi) is 2.37. The van der Waals surface area contributed by atoms with E-state index in [0.29, 0.717) is 0 Å². The molecule has 6 aromatic rings. The molecule has 3 heterocycles. The molecule has 0 unspecified atom stereocenters. The number of nitrogens with zero attached hydrogens (tertiary/aromatic N) is 2. The van der Waals surface area contributed by atoms with Crippen LogP contribution in [0.4, 0.5) is 0 Å². The van der Waals surface area contributed by atoms with Gasteiger partial charge in [0, 0.05) is 33.3 Å². The molecule has 0 amide bonds. The Bertz CT molecular complexity index is 1380. The largest absolute Gasteiger partial charge is 0.308 e. The van der Waals surface area contributed by atoms with E-state index < -0.39 is 0 Å². The van der Waals surface area contributed by atoms with E-state index in [0.717, 1.165) is 11.3 Å². The van der Waals surface area contributed by atoms with Crippen LogP contribution in [0.5, 0.6) is 0 Å². The predicted molar refractivity (Wildman–Crippen MR) is 104 cm³/mol. The molecule has 0 atom stereocenters. The number of fused-ring (bicyclic) bond motifs is 6. The minimum atomic E-state index is 1.01. The average molecular weight is 318 g/mol. The summed E-state index contributed by atoms with van der Waals surface area (Å²) in [6, 6.07) is 28.0. The van der Waals surface area contributed by atoms with Crippen LogP contribution in [0.3, 0.4) is 0 Å². The van der Waals surface area contributed by atoms with Gasteiger partial charge >= 0.3 is 0 Å². The highest BCUT2D eigenvalue weighted by atomic mass is 14.9. The van der Waals surface area contributed by atoms with E-state index >= 15 is 0 Å². The second kappa shape index (κ2) is 4.58. The van der Waals surface area contributed by atoms with Crippen molar-refractivity contribution in [3.63, 3.8) is 0 Å². The van der Waals surface area contributed by atoms with E-state index in [2.05, 4.69) is 76.1 Å². The fourth-order valence-corrected chi connectivity index (χ4v) is 4.12. The summed E-state index contributed by atoms with van der Waals surface area (Å²) in [5.41, 5.74) is 5.99. The summed E-state index contributed by atoms with van der Waals surface area (Å²) in [5.74, 6) is 0. The molecular formula is C23H14N2. The Hall–Kier alpha value is -3.39. The molecule has 3 aromatic heterocycles. The molecule has 0 spiro atoms. The SMILES string of the molecule is c1ccc(-c2ccc3c4cccc5c6ccccc6n(c3c2)c54)nc1. The zero-order valence-corrected chi connectivity index (χ0v) is 13.5. The molecule has 25 heavy (non-hydrogen) atoms. The van der Waals surface area contributed by atoms with Gasteiger partial charge in [-0.25, -0.2) is 0 Å². The first-order valence-corrected chi connectivity index (χ1v) is 8.50. The van der Waals surface area contributed by atoms with Crippen LogP contribution in [-0.2, 0) is 0 Å². The Labute approximate surface area is 144 Å². The first kappa shape index (κ1) is 13.0. The van der Waals surface area contributed by atoms with Crippen LogP contribution < -0.4 is 0 Å². The van der Waals surface area contributed by atoms with Gasteiger partial charge in [0.05, 0.1) is 22.2 Å². The first-order valence-electron chi connectivity index (χ1n) is 8.50. The number of para-hydroxylation sites is 2. The quantitative estimate of drug-likeness (QED) is 0.369. The van der Waals surface area contributed by atoms with Crippen molar-refractivity contribution in [3.8, 4) is 11.3 Å². The summed E-state index contributed by atoms with van der Waals surface area (Å²) in [6.07, 6.45) is 1.85. The Morgan fingerprint density at radius 2 is 1.36 bits per heavy atom. The maximum Gasteiger partial charge on any atom is 0.0702 e. The molecule has 0 saturated carbocycles. The summed E-state index contributed by atoms with van der Waals surface area (Å²) >= 11 is 0. The lowest BCUT2D eigenvalue weighted by Gasteiger charge is -2.02. The van der Waals surface area contributed by atoms with Gasteiger partial charge in [0.2, 0.25) is 0 Å². The first-order chi connectivity index (χ1) is 12.4. The average Bonchev–Trinajstić information content (AvgIpc) is 3.20. The van der Waals surface area contributed by atoms with Crippen molar-refractivity contribution in [2.24, 2.45) is 0 Å². The molecule has 2 heteroatoms. The molecular weight excluding hydrogens is 304 g/mol. The lowest BCUT2D eigenvalue weighted by molar-refractivity contribution is 1.32. The van der Waals surface area contributed by atoms with Gasteiger partial charge in [-0.15, -0.1) is 0 Å². The molecule has 0 radical (unpaired) electrons. The summed E-state index contributed by atoms with van der Waals surface area (Å²) in [5, 5.41) is 5.25. The van der Waals surface area contributed by atoms with Gasteiger partial charge in [-0.1, -0.05) is 54.6 Å². The second-order valence-corrected chi connectivity index (χ2v) is 6.50. The minimum absolute atomic E-state index is 1.01. The van der Waals surface area contributed by atoms with Crippen LogP contribution in [0.1, 0.15) is 0 Å². The van der Waals surface area contributed by atoms with Gasteiger partial charge < -0.3 is 4.40 Å². The molecule has 0 saturated heterocycles. The Morgan fingerprint density at radius 3 is 2.20 bits per heavy atom. The number of benzene rings is 3. The van der Waals surface area contributed by atoms with Gasteiger partial charge in [0.25, 0.3) is 0 Å². The van der Waals surface area contributed by atoms with E-state index in [1.165, 1.54) is 38.1 Å². The van der Waals surface area contributed by atoms with Crippen LogP contribution in [0.25, 0.3) is 49.4 Å². The molecule has 0 aliphatic carbocycles. The fourth-order valence-electron chi connectivity index (χ4n) is 4.12. The summed E-state index contributed by atoms with van der Waals surface area (Å²) in [7, 11) is 0. The van der Waals surface area contributed by atoms with Gasteiger partial charge in [0.15, 0.2) is 0 Å². The molecule has 0 aliphatic heterocycles. The molecule has 2 nitrogen and oxygen atoms in total. The van der Waals surface area contributed by atoms with E-state index in [1.54, 1.807) is 0 Å². The van der Waals surface area contributed by atoms with Gasteiger partial charge in [-0.05, 0) is 24.3 Å². The van der Waals surface area contributed by atoms with Crippen molar-refractivity contribution in [2.75, 3.05) is 0 Å². The van der Waals surface area contributed by atoms with Crippen LogP contribution >= 0.6 is 0 Å². The number of hydrogen-bond acceptors (Lipinski definition) is 1. The van der Waals surface area contributed by atoms with E-state index in [9.17, 15) is 0 Å².